The van der Waals surface area contributed by atoms with Gasteiger partial charge in [-0.05, 0) is 11.1 Å². The van der Waals surface area contributed by atoms with Gasteiger partial charge in [-0.25, -0.2) is 4.79 Å². The van der Waals surface area contributed by atoms with Crippen LogP contribution >= 0.6 is 0 Å². The topological polar surface area (TPSA) is 67.8 Å². The standard InChI is InChI=1S/C12H17NO4/c1-16-9-11-5-3-2-4-10(11)8-13-12(15)17-7-6-14/h2-5,14H,6-9H2,1H3,(H,13,15). The summed E-state index contributed by atoms with van der Waals surface area (Å²) in [7, 11) is 1.62. The van der Waals surface area contributed by atoms with E-state index in [9.17, 15) is 4.79 Å². The van der Waals surface area contributed by atoms with E-state index < -0.39 is 6.09 Å². The summed E-state index contributed by atoms with van der Waals surface area (Å²) < 4.78 is 9.74. The summed E-state index contributed by atoms with van der Waals surface area (Å²) in [5.74, 6) is 0. The Morgan fingerprint density at radius 1 is 1.35 bits per heavy atom. The first kappa shape index (κ1) is 13.5. The summed E-state index contributed by atoms with van der Waals surface area (Å²) in [6.07, 6.45) is -0.536. The Morgan fingerprint density at radius 3 is 2.71 bits per heavy atom. The third kappa shape index (κ3) is 4.84. The molecule has 0 unspecified atom stereocenters. The van der Waals surface area contributed by atoms with Crippen LogP contribution in [0.25, 0.3) is 0 Å². The zero-order chi connectivity index (χ0) is 12.5. The molecule has 0 saturated heterocycles. The van der Waals surface area contributed by atoms with E-state index >= 15 is 0 Å². The molecule has 0 aliphatic rings. The lowest BCUT2D eigenvalue weighted by Gasteiger charge is -2.10. The maximum Gasteiger partial charge on any atom is 0.407 e. The number of carbonyl (C=O) groups is 1. The Balaban J connectivity index is 2.47. The number of alkyl carbamates (subject to hydrolysis) is 1. The Hall–Kier alpha value is -1.59. The Kier molecular flexibility index (Phi) is 6.06. The SMILES string of the molecule is COCc1ccccc1CNC(=O)OCCO. The number of rotatable bonds is 6. The molecular weight excluding hydrogens is 222 g/mol. The molecule has 0 atom stereocenters. The van der Waals surface area contributed by atoms with Crippen LogP contribution in [0.5, 0.6) is 0 Å². The summed E-state index contributed by atoms with van der Waals surface area (Å²) in [6.45, 7) is 0.715. The van der Waals surface area contributed by atoms with Crippen molar-refractivity contribution in [1.82, 2.24) is 5.32 Å². The summed E-state index contributed by atoms with van der Waals surface area (Å²) in [5.41, 5.74) is 2.01. The molecule has 0 aliphatic carbocycles. The van der Waals surface area contributed by atoms with Gasteiger partial charge in [0.1, 0.15) is 6.61 Å². The molecule has 2 N–H and O–H groups in total. The van der Waals surface area contributed by atoms with Crippen LogP contribution in [-0.4, -0.2) is 31.5 Å². The van der Waals surface area contributed by atoms with Crippen LogP contribution < -0.4 is 5.32 Å². The van der Waals surface area contributed by atoms with Gasteiger partial charge in [-0.15, -0.1) is 0 Å². The van der Waals surface area contributed by atoms with Gasteiger partial charge in [0.15, 0.2) is 0 Å². The summed E-state index contributed by atoms with van der Waals surface area (Å²) in [5, 5.41) is 11.1. The van der Waals surface area contributed by atoms with Gasteiger partial charge in [0.2, 0.25) is 0 Å². The molecule has 1 rings (SSSR count). The average Bonchev–Trinajstić information content (AvgIpc) is 2.35. The van der Waals surface area contributed by atoms with Gasteiger partial charge in [-0.2, -0.15) is 0 Å². The van der Waals surface area contributed by atoms with Crippen molar-refractivity contribution < 1.29 is 19.4 Å². The van der Waals surface area contributed by atoms with E-state index in [4.69, 9.17) is 9.84 Å². The first-order valence-corrected chi connectivity index (χ1v) is 5.35. The Morgan fingerprint density at radius 2 is 2.06 bits per heavy atom. The third-order valence-corrected chi connectivity index (χ3v) is 2.17. The monoisotopic (exact) mass is 239 g/mol. The number of hydrogen-bond donors (Lipinski definition) is 2. The van der Waals surface area contributed by atoms with E-state index in [-0.39, 0.29) is 13.2 Å². The first-order chi connectivity index (χ1) is 8.27. The van der Waals surface area contributed by atoms with Crippen molar-refractivity contribution >= 4 is 6.09 Å². The quantitative estimate of drug-likeness (QED) is 0.778. The van der Waals surface area contributed by atoms with Crippen LogP contribution in [0.3, 0.4) is 0 Å². The second-order valence-electron chi connectivity index (χ2n) is 3.41. The average molecular weight is 239 g/mol. The highest BCUT2D eigenvalue weighted by Crippen LogP contribution is 2.09. The van der Waals surface area contributed by atoms with Crippen molar-refractivity contribution in [3.63, 3.8) is 0 Å². The molecule has 1 amide bonds. The number of aliphatic hydroxyl groups excluding tert-OH is 1. The summed E-state index contributed by atoms with van der Waals surface area (Å²) >= 11 is 0. The molecule has 94 valence electrons. The smallest absolute Gasteiger partial charge is 0.407 e. The third-order valence-electron chi connectivity index (χ3n) is 2.17. The molecule has 0 bridgehead atoms. The fraction of sp³-hybridized carbons (Fsp3) is 0.417. The number of aliphatic hydroxyl groups is 1. The van der Waals surface area contributed by atoms with Gasteiger partial charge < -0.3 is 19.9 Å². The van der Waals surface area contributed by atoms with Crippen LogP contribution in [0.2, 0.25) is 0 Å². The number of hydrogen-bond acceptors (Lipinski definition) is 4. The predicted octanol–water partition coefficient (Wildman–Crippen LogP) is 1.05. The second kappa shape index (κ2) is 7.65. The largest absolute Gasteiger partial charge is 0.447 e. The van der Waals surface area contributed by atoms with Crippen LogP contribution in [0, 0.1) is 0 Å². The molecular formula is C12H17NO4. The molecule has 0 aliphatic heterocycles. The van der Waals surface area contributed by atoms with Crippen LogP contribution in [0.4, 0.5) is 4.79 Å². The van der Waals surface area contributed by atoms with E-state index in [1.54, 1.807) is 7.11 Å². The normalized spacial score (nSPS) is 10.0. The van der Waals surface area contributed by atoms with Gasteiger partial charge >= 0.3 is 6.09 Å². The molecule has 0 fully saturated rings. The molecule has 0 radical (unpaired) electrons. The van der Waals surface area contributed by atoms with Gasteiger partial charge in [0, 0.05) is 13.7 Å². The van der Waals surface area contributed by atoms with Crippen molar-refractivity contribution in [2.45, 2.75) is 13.2 Å². The lowest BCUT2D eigenvalue weighted by Crippen LogP contribution is -2.25. The van der Waals surface area contributed by atoms with E-state index in [1.165, 1.54) is 0 Å². The molecule has 0 aromatic heterocycles. The highest BCUT2D eigenvalue weighted by Gasteiger charge is 2.04. The van der Waals surface area contributed by atoms with Crippen LogP contribution in [0.15, 0.2) is 24.3 Å². The van der Waals surface area contributed by atoms with Crippen molar-refractivity contribution in [3.8, 4) is 0 Å². The maximum absolute atomic E-state index is 11.2. The molecule has 17 heavy (non-hydrogen) atoms. The minimum atomic E-state index is -0.536. The maximum atomic E-state index is 11.2. The zero-order valence-corrected chi connectivity index (χ0v) is 9.81. The van der Waals surface area contributed by atoms with Gasteiger partial charge in [-0.3, -0.25) is 0 Å². The summed E-state index contributed by atoms with van der Waals surface area (Å²) in [6, 6.07) is 7.68. The highest BCUT2D eigenvalue weighted by molar-refractivity contribution is 5.67. The summed E-state index contributed by atoms with van der Waals surface area (Å²) in [4.78, 5) is 11.2. The predicted molar refractivity (Wildman–Crippen MR) is 62.4 cm³/mol. The molecule has 0 saturated carbocycles. The fourth-order valence-electron chi connectivity index (χ4n) is 1.38. The van der Waals surface area contributed by atoms with Crippen molar-refractivity contribution in [1.29, 1.82) is 0 Å². The van der Waals surface area contributed by atoms with E-state index in [2.05, 4.69) is 10.1 Å². The lowest BCUT2D eigenvalue weighted by atomic mass is 10.1. The fourth-order valence-corrected chi connectivity index (χ4v) is 1.38. The van der Waals surface area contributed by atoms with Crippen molar-refractivity contribution in [2.24, 2.45) is 0 Å². The molecule has 1 aromatic rings. The first-order valence-electron chi connectivity index (χ1n) is 5.35. The van der Waals surface area contributed by atoms with Crippen LogP contribution in [-0.2, 0) is 22.6 Å². The highest BCUT2D eigenvalue weighted by atomic mass is 16.6. The number of methoxy groups -OCH3 is 1. The number of nitrogens with one attached hydrogen (secondary N) is 1. The Labute approximate surface area is 100 Å². The number of carbonyl (C=O) groups excluding carboxylic acids is 1. The number of benzene rings is 1. The lowest BCUT2D eigenvalue weighted by molar-refractivity contribution is 0.118. The molecule has 0 spiro atoms. The van der Waals surface area contributed by atoms with Crippen molar-refractivity contribution in [3.05, 3.63) is 35.4 Å². The van der Waals surface area contributed by atoms with E-state index in [0.29, 0.717) is 13.2 Å². The minimum Gasteiger partial charge on any atom is -0.447 e. The number of amides is 1. The Bertz CT molecular complexity index is 354. The van der Waals surface area contributed by atoms with Gasteiger partial charge in [0.25, 0.3) is 0 Å². The zero-order valence-electron chi connectivity index (χ0n) is 9.81. The molecule has 0 heterocycles. The van der Waals surface area contributed by atoms with Crippen molar-refractivity contribution in [2.75, 3.05) is 20.3 Å². The molecule has 5 heteroatoms. The second-order valence-corrected chi connectivity index (χ2v) is 3.41. The van der Waals surface area contributed by atoms with E-state index in [0.717, 1.165) is 11.1 Å². The molecule has 5 nitrogen and oxygen atoms in total. The molecule has 1 aromatic carbocycles. The van der Waals surface area contributed by atoms with Crippen LogP contribution in [0.1, 0.15) is 11.1 Å². The number of ether oxygens (including phenoxy) is 2. The van der Waals surface area contributed by atoms with Gasteiger partial charge in [-0.1, -0.05) is 24.3 Å². The van der Waals surface area contributed by atoms with Gasteiger partial charge in [0.05, 0.1) is 13.2 Å². The van der Waals surface area contributed by atoms with E-state index in [1.807, 2.05) is 24.3 Å². The minimum absolute atomic E-state index is 0.00551.